The van der Waals surface area contributed by atoms with Crippen molar-refractivity contribution in [3.63, 3.8) is 0 Å². The monoisotopic (exact) mass is 961 g/mol. The molecule has 2 aliphatic rings. The minimum absolute atomic E-state index is 0.0136. The molecule has 1 aliphatic carbocycles. The zero-order chi connectivity index (χ0) is 50.9. The quantitative estimate of drug-likeness (QED) is 0.0395. The van der Waals surface area contributed by atoms with Crippen molar-refractivity contribution in [3.05, 3.63) is 95.2 Å². The zero-order valence-electron chi connectivity index (χ0n) is 39.5. The van der Waals surface area contributed by atoms with Crippen LogP contribution in [0.15, 0.2) is 83.3 Å². The third-order valence-corrected chi connectivity index (χ3v) is 11.7. The number of aldehydes is 1. The number of pyridine rings is 1. The van der Waals surface area contributed by atoms with Crippen LogP contribution in [0.3, 0.4) is 0 Å². The third kappa shape index (κ3) is 13.3. The summed E-state index contributed by atoms with van der Waals surface area (Å²) >= 11 is 0. The number of allylic oxidation sites excluding steroid dienone is 4. The van der Waals surface area contributed by atoms with Crippen molar-refractivity contribution < 1.29 is 49.5 Å². The number of hydrogen-bond acceptors (Lipinski definition) is 8. The molecule has 3 aromatic heterocycles. The molecule has 4 atom stereocenters. The Hall–Kier alpha value is -6.21. The highest BCUT2D eigenvalue weighted by molar-refractivity contribution is 5.95. The van der Waals surface area contributed by atoms with E-state index >= 15 is 0 Å². The Morgan fingerprint density at radius 3 is 2.28 bits per heavy atom. The summed E-state index contributed by atoms with van der Waals surface area (Å²) in [6, 6.07) is 9.09. The van der Waals surface area contributed by atoms with E-state index in [4.69, 9.17) is 10.5 Å². The number of likely N-dealkylation sites (tertiary alicyclic amines) is 1. The first-order valence-electron chi connectivity index (χ1n) is 22.1. The van der Waals surface area contributed by atoms with Crippen LogP contribution in [0.2, 0.25) is 0 Å². The van der Waals surface area contributed by atoms with Gasteiger partial charge in [0.25, 0.3) is 0 Å². The fraction of sp³-hybridized carbons (Fsp3) is 0.479. The van der Waals surface area contributed by atoms with Gasteiger partial charge >= 0.3 is 18.9 Å². The van der Waals surface area contributed by atoms with E-state index in [1.807, 2.05) is 57.4 Å². The maximum atomic E-state index is 14.4. The Bertz CT molecular complexity index is 2520. The summed E-state index contributed by atoms with van der Waals surface area (Å²) in [5, 5.41) is 11.7. The van der Waals surface area contributed by atoms with Gasteiger partial charge in [-0.15, -0.1) is 0 Å². The van der Waals surface area contributed by atoms with Crippen LogP contribution >= 0.6 is 0 Å². The molecular formula is C48H59F8N9O3. The van der Waals surface area contributed by atoms with Gasteiger partial charge in [0.2, 0.25) is 11.8 Å². The first kappa shape index (κ1) is 54.4. The zero-order valence-corrected chi connectivity index (χ0v) is 39.5. The van der Waals surface area contributed by atoms with Crippen LogP contribution in [0, 0.1) is 11.3 Å². The smallest absolute Gasteiger partial charge is 0.404 e. The summed E-state index contributed by atoms with van der Waals surface area (Å²) in [5.74, 6) is -1.62. The van der Waals surface area contributed by atoms with Crippen molar-refractivity contribution in [2.75, 3.05) is 6.54 Å². The molecule has 2 amide bonds. The van der Waals surface area contributed by atoms with Crippen LogP contribution in [-0.2, 0) is 34.2 Å². The number of carbonyl (C=O) groups is 3. The Morgan fingerprint density at radius 1 is 1.06 bits per heavy atom. The summed E-state index contributed by atoms with van der Waals surface area (Å²) in [7, 11) is 1.81. The predicted octanol–water partition coefficient (Wildman–Crippen LogP) is 10.2. The van der Waals surface area contributed by atoms with Gasteiger partial charge in [-0.1, -0.05) is 64.5 Å². The van der Waals surface area contributed by atoms with E-state index < -0.39 is 59.6 Å². The highest BCUT2D eigenvalue weighted by Crippen LogP contribution is 2.65. The summed E-state index contributed by atoms with van der Waals surface area (Å²) in [4.78, 5) is 46.5. The van der Waals surface area contributed by atoms with Crippen molar-refractivity contribution in [2.24, 2.45) is 29.1 Å². The van der Waals surface area contributed by atoms with Crippen LogP contribution in [0.25, 0.3) is 27.7 Å². The average molecular weight is 962 g/mol. The molecule has 1 spiro atoms. The Kier molecular flexibility index (Phi) is 17.8. The normalized spacial score (nSPS) is 19.0. The number of carbonyl (C=O) groups excluding carboxylic acids is 3. The fourth-order valence-corrected chi connectivity index (χ4v) is 8.03. The number of rotatable bonds is 15. The van der Waals surface area contributed by atoms with Gasteiger partial charge in [-0.2, -0.15) is 45.3 Å². The third-order valence-electron chi connectivity index (χ3n) is 11.7. The van der Waals surface area contributed by atoms with Crippen LogP contribution in [0.5, 0.6) is 0 Å². The summed E-state index contributed by atoms with van der Waals surface area (Å²) in [6.07, 6.45) is -0.368. The molecule has 0 bridgehead atoms. The number of aryl methyl sites for hydroxylation is 1. The standard InChI is InChI=1S/C44H49F8N9O2.C2H4O.C2H6/c1-7-25(2)14-30(15-26(3)43(47,48)49)34-18-36(44(50,51)52)57-61(34)24-41(4,5)56-38(62)35(16-27(20-53)21-55-40(45)46)60-13-12-42(39(60)63)19-33(42)29-10-8-28(9-11-29)31-17-32-23-59(6)58-37(32)54-22-31;1-2-3;1-2/h8-11,14-15,17-18,20-23,25,33,35,40H,7,12-13,16,19,24,53H2,1-6H3,(H,56,62);2H,1H3;1-2H3/b26-15+,27-20-,30-14+,55-21+;;. The fourth-order valence-electron chi connectivity index (χ4n) is 8.03. The lowest BCUT2D eigenvalue weighted by atomic mass is 9.95. The lowest BCUT2D eigenvalue weighted by Crippen LogP contribution is -2.55. The van der Waals surface area contributed by atoms with Gasteiger partial charge in [-0.05, 0) is 99.1 Å². The number of fused-ring (bicyclic) bond motifs is 1. The molecule has 1 aromatic carbocycles. The molecule has 1 aliphatic heterocycles. The minimum atomic E-state index is -4.96. The maximum absolute atomic E-state index is 14.4. The number of benzene rings is 1. The van der Waals surface area contributed by atoms with E-state index in [9.17, 15) is 44.7 Å². The van der Waals surface area contributed by atoms with E-state index in [1.165, 1.54) is 31.7 Å². The van der Waals surface area contributed by atoms with Gasteiger partial charge in [-0.25, -0.2) is 9.98 Å². The van der Waals surface area contributed by atoms with Gasteiger partial charge in [-0.3, -0.25) is 19.0 Å². The van der Waals surface area contributed by atoms with Crippen molar-refractivity contribution in [3.8, 4) is 11.1 Å². The Morgan fingerprint density at radius 2 is 1.71 bits per heavy atom. The topological polar surface area (TPSA) is 153 Å². The molecule has 1 saturated carbocycles. The summed E-state index contributed by atoms with van der Waals surface area (Å²) in [6.45, 7) is 9.27. The number of nitrogens with zero attached hydrogens (tertiary/aromatic N) is 7. The number of nitrogens with two attached hydrogens (primary N) is 1. The van der Waals surface area contributed by atoms with Crippen LogP contribution < -0.4 is 11.1 Å². The van der Waals surface area contributed by atoms with Gasteiger partial charge in [0.05, 0.1) is 23.2 Å². The highest BCUT2D eigenvalue weighted by atomic mass is 19.4. The van der Waals surface area contributed by atoms with E-state index in [0.717, 1.165) is 58.5 Å². The molecular weight excluding hydrogens is 903 g/mol. The van der Waals surface area contributed by atoms with Gasteiger partial charge < -0.3 is 20.7 Å². The largest absolute Gasteiger partial charge is 0.435 e. The van der Waals surface area contributed by atoms with Crippen molar-refractivity contribution in [2.45, 2.75) is 124 Å². The average Bonchev–Trinajstić information content (AvgIpc) is 3.45. The van der Waals surface area contributed by atoms with Gasteiger partial charge in [0.15, 0.2) is 11.3 Å². The molecule has 4 heterocycles. The van der Waals surface area contributed by atoms with Gasteiger partial charge in [0, 0.05) is 55.1 Å². The number of hydrogen-bond donors (Lipinski definition) is 2. The van der Waals surface area contributed by atoms with E-state index in [-0.39, 0.29) is 47.5 Å². The lowest BCUT2D eigenvalue weighted by Gasteiger charge is -2.33. The molecule has 4 aromatic rings. The number of aliphatic imine (C=N–C) groups is 1. The van der Waals surface area contributed by atoms with E-state index in [0.29, 0.717) is 31.0 Å². The van der Waals surface area contributed by atoms with Crippen LogP contribution in [0.1, 0.15) is 104 Å². The number of amides is 2. The molecule has 6 rings (SSSR count). The van der Waals surface area contributed by atoms with Crippen molar-refractivity contribution in [1.82, 2.24) is 34.8 Å². The van der Waals surface area contributed by atoms with E-state index in [1.54, 1.807) is 24.7 Å². The molecule has 3 N–H and O–H groups in total. The SMILES string of the molecule is CC.CC=O.CCC(C)/C=C(\C=C(/C)C(F)(F)F)c1cc(C(F)(F)F)nn1CC(C)(C)NC(=O)C(CC(=C/N)/C=N/C(F)F)N1CCC2(CC2c2ccc(-c3cnc4nn(C)cc4c3)cc2)C1=O. The van der Waals surface area contributed by atoms with Crippen LogP contribution in [-0.4, -0.2) is 84.6 Å². The van der Waals surface area contributed by atoms with Crippen molar-refractivity contribution >= 4 is 40.9 Å². The first-order valence-corrected chi connectivity index (χ1v) is 22.1. The Balaban J connectivity index is 0.00000194. The van der Waals surface area contributed by atoms with E-state index in [2.05, 4.69) is 25.5 Å². The first-order chi connectivity index (χ1) is 31.9. The highest BCUT2D eigenvalue weighted by Gasteiger charge is 2.65. The summed E-state index contributed by atoms with van der Waals surface area (Å²) < 4.78 is 112. The maximum Gasteiger partial charge on any atom is 0.435 e. The lowest BCUT2D eigenvalue weighted by molar-refractivity contribution is -0.141. The predicted molar refractivity (Wildman–Crippen MR) is 245 cm³/mol. The molecule has 370 valence electrons. The second kappa shape index (κ2) is 22.3. The number of alkyl halides is 8. The molecule has 12 nitrogen and oxygen atoms in total. The molecule has 4 unspecified atom stereocenters. The molecule has 68 heavy (non-hydrogen) atoms. The number of aromatic nitrogens is 5. The number of halogens is 8. The minimum Gasteiger partial charge on any atom is -0.404 e. The number of nitrogens with one attached hydrogen (secondary N) is 1. The Labute approximate surface area is 390 Å². The van der Waals surface area contributed by atoms with Crippen LogP contribution in [0.4, 0.5) is 35.1 Å². The molecule has 0 radical (unpaired) electrons. The second-order valence-corrected chi connectivity index (χ2v) is 17.3. The van der Waals surface area contributed by atoms with Crippen molar-refractivity contribution in [1.29, 1.82) is 0 Å². The molecule has 1 saturated heterocycles. The second-order valence-electron chi connectivity index (χ2n) is 17.3. The van der Waals surface area contributed by atoms with Gasteiger partial charge in [0.1, 0.15) is 12.3 Å². The molecule has 20 heteroatoms. The molecule has 2 fully saturated rings. The summed E-state index contributed by atoms with van der Waals surface area (Å²) in [5.41, 5.74) is 4.00.